The summed E-state index contributed by atoms with van der Waals surface area (Å²) in [5, 5.41) is 8.79. The van der Waals surface area contributed by atoms with Crippen LogP contribution >= 0.6 is 0 Å². The Labute approximate surface area is 111 Å². The van der Waals surface area contributed by atoms with Gasteiger partial charge in [-0.3, -0.25) is 0 Å². The predicted molar refractivity (Wildman–Crippen MR) is 66.5 cm³/mol. The zero-order valence-corrected chi connectivity index (χ0v) is 11.3. The fourth-order valence-corrected chi connectivity index (χ4v) is 3.62. The number of hydrogen-bond acceptors (Lipinski definition) is 4. The summed E-state index contributed by atoms with van der Waals surface area (Å²) in [6.45, 7) is 0.724. The van der Waals surface area contributed by atoms with Crippen molar-refractivity contribution in [1.29, 1.82) is 0 Å². The number of nitrogens with zero attached hydrogens (tertiary/aromatic N) is 1. The molecular weight excluding hydrogens is 272 g/mol. The van der Waals surface area contributed by atoms with E-state index in [0.29, 0.717) is 13.1 Å². The minimum atomic E-state index is -3.66. The Morgan fingerprint density at radius 3 is 2.89 bits per heavy atom. The molecule has 1 aromatic rings. The second-order valence-electron chi connectivity index (χ2n) is 4.42. The van der Waals surface area contributed by atoms with Gasteiger partial charge in [-0.15, -0.1) is 0 Å². The topological polar surface area (TPSA) is 99.7 Å². The number of methoxy groups -OCH3 is 1. The molecule has 0 bridgehead atoms. The summed E-state index contributed by atoms with van der Waals surface area (Å²) in [7, 11) is -2.10. The number of nitrogens with one attached hydrogen (secondary N) is 1. The van der Waals surface area contributed by atoms with E-state index in [1.54, 1.807) is 7.11 Å². The number of ether oxygens (including phenoxy) is 1. The average molecular weight is 288 g/mol. The van der Waals surface area contributed by atoms with Crippen molar-refractivity contribution in [1.82, 2.24) is 9.29 Å². The number of carboxylic acid groups (broad SMARTS) is 1. The Kier molecular flexibility index (Phi) is 3.93. The normalized spacial score (nSPS) is 21.4. The van der Waals surface area contributed by atoms with Crippen LogP contribution in [0.5, 0.6) is 0 Å². The predicted octanol–water partition coefficient (Wildman–Crippen LogP) is 0.512. The number of carbonyl (C=O) groups is 1. The van der Waals surface area contributed by atoms with Gasteiger partial charge in [-0.25, -0.2) is 13.2 Å². The Bertz CT molecular complexity index is 565. The van der Waals surface area contributed by atoms with Crippen LogP contribution in [0.25, 0.3) is 0 Å². The van der Waals surface area contributed by atoms with Gasteiger partial charge in [0.2, 0.25) is 10.0 Å². The number of H-pyrrole nitrogens is 1. The van der Waals surface area contributed by atoms with E-state index in [9.17, 15) is 13.2 Å². The van der Waals surface area contributed by atoms with Gasteiger partial charge in [-0.05, 0) is 18.9 Å². The minimum Gasteiger partial charge on any atom is -0.477 e. The van der Waals surface area contributed by atoms with Gasteiger partial charge in [0.05, 0.1) is 6.10 Å². The van der Waals surface area contributed by atoms with Crippen molar-refractivity contribution in [3.05, 3.63) is 18.0 Å². The van der Waals surface area contributed by atoms with Crippen molar-refractivity contribution in [2.75, 3.05) is 20.2 Å². The highest BCUT2D eigenvalue weighted by molar-refractivity contribution is 7.89. The van der Waals surface area contributed by atoms with Crippen LogP contribution in [0.2, 0.25) is 0 Å². The number of piperidine rings is 1. The fourth-order valence-electron chi connectivity index (χ4n) is 2.11. The summed E-state index contributed by atoms with van der Waals surface area (Å²) in [5.74, 6) is -1.19. The van der Waals surface area contributed by atoms with E-state index < -0.39 is 16.0 Å². The summed E-state index contributed by atoms with van der Waals surface area (Å²) in [6.07, 6.45) is 2.65. The SMILES string of the molecule is COC1CCCN(S(=O)(=O)c2c[nH]c(C(=O)O)c2)C1. The maximum absolute atomic E-state index is 12.3. The number of rotatable bonds is 4. The molecule has 0 saturated carbocycles. The van der Waals surface area contributed by atoms with Crippen molar-refractivity contribution in [2.45, 2.75) is 23.8 Å². The maximum atomic E-state index is 12.3. The quantitative estimate of drug-likeness (QED) is 0.841. The van der Waals surface area contributed by atoms with Gasteiger partial charge in [0.25, 0.3) is 0 Å². The number of aromatic amines is 1. The lowest BCUT2D eigenvalue weighted by atomic mass is 10.1. The molecule has 1 atom stereocenters. The van der Waals surface area contributed by atoms with Crippen LogP contribution in [0.15, 0.2) is 17.2 Å². The molecule has 2 heterocycles. The molecule has 0 amide bonds. The molecule has 1 aliphatic heterocycles. The molecule has 1 saturated heterocycles. The van der Waals surface area contributed by atoms with Gasteiger partial charge >= 0.3 is 5.97 Å². The number of sulfonamides is 1. The Hall–Kier alpha value is -1.38. The number of aromatic carboxylic acids is 1. The van der Waals surface area contributed by atoms with Crippen molar-refractivity contribution in [3.8, 4) is 0 Å². The molecule has 0 aliphatic carbocycles. The van der Waals surface area contributed by atoms with E-state index >= 15 is 0 Å². The van der Waals surface area contributed by atoms with Gasteiger partial charge in [0.1, 0.15) is 10.6 Å². The zero-order chi connectivity index (χ0) is 14.0. The van der Waals surface area contributed by atoms with Crippen LogP contribution in [-0.2, 0) is 14.8 Å². The first-order valence-corrected chi connectivity index (χ1v) is 7.34. The third-order valence-electron chi connectivity index (χ3n) is 3.20. The Morgan fingerprint density at radius 2 is 2.32 bits per heavy atom. The van der Waals surface area contributed by atoms with E-state index in [0.717, 1.165) is 18.9 Å². The highest BCUT2D eigenvalue weighted by Gasteiger charge is 2.31. The summed E-state index contributed by atoms with van der Waals surface area (Å²) in [4.78, 5) is 13.2. The van der Waals surface area contributed by atoms with Gasteiger partial charge in [-0.2, -0.15) is 4.31 Å². The third-order valence-corrected chi connectivity index (χ3v) is 5.04. The lowest BCUT2D eigenvalue weighted by Crippen LogP contribution is -2.42. The van der Waals surface area contributed by atoms with Crippen molar-refractivity contribution < 1.29 is 23.1 Å². The minimum absolute atomic E-state index is 0.0262. The third kappa shape index (κ3) is 2.80. The van der Waals surface area contributed by atoms with Crippen LogP contribution in [-0.4, -0.2) is 55.1 Å². The lowest BCUT2D eigenvalue weighted by Gasteiger charge is -2.30. The molecule has 0 radical (unpaired) electrons. The van der Waals surface area contributed by atoms with Gasteiger partial charge in [0.15, 0.2) is 0 Å². The summed E-state index contributed by atoms with van der Waals surface area (Å²) >= 11 is 0. The first kappa shape index (κ1) is 14.0. The zero-order valence-electron chi connectivity index (χ0n) is 10.5. The van der Waals surface area contributed by atoms with E-state index in [2.05, 4.69) is 4.98 Å². The highest BCUT2D eigenvalue weighted by atomic mass is 32.2. The van der Waals surface area contributed by atoms with Crippen molar-refractivity contribution in [2.24, 2.45) is 0 Å². The van der Waals surface area contributed by atoms with Crippen LogP contribution in [0.4, 0.5) is 0 Å². The molecule has 2 rings (SSSR count). The molecule has 8 heteroatoms. The van der Waals surface area contributed by atoms with Crippen molar-refractivity contribution in [3.63, 3.8) is 0 Å². The van der Waals surface area contributed by atoms with Crippen LogP contribution in [0.3, 0.4) is 0 Å². The lowest BCUT2D eigenvalue weighted by molar-refractivity contribution is 0.0572. The molecule has 0 spiro atoms. The Balaban J connectivity index is 2.23. The van der Waals surface area contributed by atoms with Gasteiger partial charge in [0, 0.05) is 26.4 Å². The molecule has 1 aromatic heterocycles. The van der Waals surface area contributed by atoms with E-state index in [1.165, 1.54) is 10.5 Å². The maximum Gasteiger partial charge on any atom is 0.352 e. The molecule has 7 nitrogen and oxygen atoms in total. The first-order valence-electron chi connectivity index (χ1n) is 5.90. The molecule has 19 heavy (non-hydrogen) atoms. The van der Waals surface area contributed by atoms with E-state index in [4.69, 9.17) is 9.84 Å². The molecule has 1 aliphatic rings. The molecule has 1 fully saturated rings. The van der Waals surface area contributed by atoms with E-state index in [1.807, 2.05) is 0 Å². The fraction of sp³-hybridized carbons (Fsp3) is 0.545. The number of hydrogen-bond donors (Lipinski definition) is 2. The van der Waals surface area contributed by atoms with Crippen LogP contribution in [0, 0.1) is 0 Å². The van der Waals surface area contributed by atoms with Crippen LogP contribution < -0.4 is 0 Å². The van der Waals surface area contributed by atoms with Gasteiger partial charge in [-0.1, -0.05) is 0 Å². The second kappa shape index (κ2) is 5.32. The molecule has 1 unspecified atom stereocenters. The summed E-state index contributed by atoms with van der Waals surface area (Å²) in [6, 6.07) is 1.13. The summed E-state index contributed by atoms with van der Waals surface area (Å²) in [5.41, 5.74) is -0.140. The largest absolute Gasteiger partial charge is 0.477 e. The number of aromatic nitrogens is 1. The smallest absolute Gasteiger partial charge is 0.352 e. The average Bonchev–Trinajstić information content (AvgIpc) is 2.89. The van der Waals surface area contributed by atoms with Crippen molar-refractivity contribution >= 4 is 16.0 Å². The molecule has 2 N–H and O–H groups in total. The standard InChI is InChI=1S/C11H16N2O5S/c1-18-8-3-2-4-13(7-8)19(16,17)9-5-10(11(14)15)12-6-9/h5-6,8,12H,2-4,7H2,1H3,(H,14,15). The van der Waals surface area contributed by atoms with Crippen LogP contribution in [0.1, 0.15) is 23.3 Å². The molecule has 106 valence electrons. The highest BCUT2D eigenvalue weighted by Crippen LogP contribution is 2.22. The number of carboxylic acids is 1. The summed E-state index contributed by atoms with van der Waals surface area (Å²) < 4.78 is 31.2. The van der Waals surface area contributed by atoms with E-state index in [-0.39, 0.29) is 16.7 Å². The first-order chi connectivity index (χ1) is 8.95. The monoisotopic (exact) mass is 288 g/mol. The van der Waals surface area contributed by atoms with Gasteiger partial charge < -0.3 is 14.8 Å². The molecular formula is C11H16N2O5S. The Morgan fingerprint density at radius 1 is 1.58 bits per heavy atom. The molecule has 0 aromatic carbocycles. The second-order valence-corrected chi connectivity index (χ2v) is 6.36.